The second kappa shape index (κ2) is 5.48. The second-order valence-corrected chi connectivity index (χ2v) is 6.95. The summed E-state index contributed by atoms with van der Waals surface area (Å²) in [7, 11) is 2.30. The summed E-state index contributed by atoms with van der Waals surface area (Å²) in [5, 5.41) is 3.73. The molecule has 1 aliphatic heterocycles. The van der Waals surface area contributed by atoms with Crippen LogP contribution in [0.3, 0.4) is 0 Å². The van der Waals surface area contributed by atoms with E-state index in [-0.39, 0.29) is 0 Å². The van der Waals surface area contributed by atoms with Crippen molar-refractivity contribution >= 4 is 0 Å². The molecule has 3 aliphatic rings. The lowest BCUT2D eigenvalue weighted by Crippen LogP contribution is -2.48. The molecule has 3 fully saturated rings. The summed E-state index contributed by atoms with van der Waals surface area (Å²) in [6.07, 6.45) is 8.25. The lowest BCUT2D eigenvalue weighted by Gasteiger charge is -2.40. The SMILES string of the molecule is CN(CC1CC1)CC1(CNC2CC2)CCCOC1. The van der Waals surface area contributed by atoms with Crippen LogP contribution in [0.15, 0.2) is 0 Å². The smallest absolute Gasteiger partial charge is 0.0546 e. The Labute approximate surface area is 111 Å². The van der Waals surface area contributed by atoms with Crippen molar-refractivity contribution in [2.75, 3.05) is 39.9 Å². The van der Waals surface area contributed by atoms with Crippen LogP contribution in [0.1, 0.15) is 38.5 Å². The van der Waals surface area contributed by atoms with Gasteiger partial charge in [0.05, 0.1) is 6.61 Å². The fraction of sp³-hybridized carbons (Fsp3) is 1.00. The molecule has 0 spiro atoms. The molecular weight excluding hydrogens is 224 g/mol. The fourth-order valence-electron chi connectivity index (χ4n) is 3.26. The molecule has 1 atom stereocenters. The summed E-state index contributed by atoms with van der Waals surface area (Å²) in [6.45, 7) is 5.60. The average molecular weight is 252 g/mol. The summed E-state index contributed by atoms with van der Waals surface area (Å²) in [6, 6.07) is 0.817. The predicted molar refractivity (Wildman–Crippen MR) is 73.7 cm³/mol. The molecule has 2 saturated carbocycles. The van der Waals surface area contributed by atoms with Gasteiger partial charge in [0.25, 0.3) is 0 Å². The lowest BCUT2D eigenvalue weighted by molar-refractivity contribution is -0.0233. The van der Waals surface area contributed by atoms with Gasteiger partial charge in [-0.2, -0.15) is 0 Å². The van der Waals surface area contributed by atoms with Gasteiger partial charge >= 0.3 is 0 Å². The maximum absolute atomic E-state index is 5.79. The maximum atomic E-state index is 5.79. The Bertz CT molecular complexity index is 268. The van der Waals surface area contributed by atoms with Crippen molar-refractivity contribution in [2.24, 2.45) is 11.3 Å². The summed E-state index contributed by atoms with van der Waals surface area (Å²) < 4.78 is 5.79. The van der Waals surface area contributed by atoms with Gasteiger partial charge < -0.3 is 15.0 Å². The molecule has 1 saturated heterocycles. The third-order valence-corrected chi connectivity index (χ3v) is 4.62. The molecule has 3 nitrogen and oxygen atoms in total. The van der Waals surface area contributed by atoms with Crippen LogP contribution in [0.5, 0.6) is 0 Å². The summed E-state index contributed by atoms with van der Waals surface area (Å²) in [4.78, 5) is 2.56. The van der Waals surface area contributed by atoms with Crippen LogP contribution in [0.25, 0.3) is 0 Å². The molecule has 1 unspecified atom stereocenters. The number of ether oxygens (including phenoxy) is 1. The van der Waals surface area contributed by atoms with Crippen molar-refractivity contribution in [1.29, 1.82) is 0 Å². The van der Waals surface area contributed by atoms with Crippen LogP contribution in [0.2, 0.25) is 0 Å². The van der Waals surface area contributed by atoms with E-state index < -0.39 is 0 Å². The van der Waals surface area contributed by atoms with Gasteiger partial charge in [-0.3, -0.25) is 0 Å². The van der Waals surface area contributed by atoms with Gasteiger partial charge in [0, 0.05) is 37.7 Å². The highest BCUT2D eigenvalue weighted by Gasteiger charge is 2.36. The largest absolute Gasteiger partial charge is 0.381 e. The molecule has 1 N–H and O–H groups in total. The quantitative estimate of drug-likeness (QED) is 0.749. The summed E-state index contributed by atoms with van der Waals surface area (Å²) >= 11 is 0. The highest BCUT2D eigenvalue weighted by molar-refractivity contribution is 4.91. The highest BCUT2D eigenvalue weighted by atomic mass is 16.5. The molecule has 0 aromatic carbocycles. The fourth-order valence-corrected chi connectivity index (χ4v) is 3.26. The molecule has 3 heteroatoms. The number of rotatable bonds is 7. The molecule has 1 heterocycles. The van der Waals surface area contributed by atoms with Crippen molar-refractivity contribution in [3.05, 3.63) is 0 Å². The van der Waals surface area contributed by atoms with Gasteiger partial charge in [-0.05, 0) is 51.5 Å². The normalized spacial score (nSPS) is 33.0. The maximum Gasteiger partial charge on any atom is 0.0546 e. The zero-order valence-corrected chi connectivity index (χ0v) is 11.8. The van der Waals surface area contributed by atoms with E-state index >= 15 is 0 Å². The monoisotopic (exact) mass is 252 g/mol. The van der Waals surface area contributed by atoms with Crippen molar-refractivity contribution in [3.8, 4) is 0 Å². The van der Waals surface area contributed by atoms with Gasteiger partial charge in [0.1, 0.15) is 0 Å². The molecular formula is C15H28N2O. The summed E-state index contributed by atoms with van der Waals surface area (Å²) in [5.41, 5.74) is 0.379. The first-order chi connectivity index (χ1) is 8.76. The van der Waals surface area contributed by atoms with E-state index in [2.05, 4.69) is 17.3 Å². The molecule has 0 bridgehead atoms. The number of nitrogens with zero attached hydrogens (tertiary/aromatic N) is 1. The molecule has 18 heavy (non-hydrogen) atoms. The predicted octanol–water partition coefficient (Wildman–Crippen LogP) is 1.88. The molecule has 0 aromatic rings. The second-order valence-electron chi connectivity index (χ2n) is 6.95. The van der Waals surface area contributed by atoms with E-state index in [0.29, 0.717) is 5.41 Å². The van der Waals surface area contributed by atoms with Crippen molar-refractivity contribution < 1.29 is 4.74 Å². The minimum absolute atomic E-state index is 0.379. The van der Waals surface area contributed by atoms with Crippen LogP contribution in [-0.2, 0) is 4.74 Å². The van der Waals surface area contributed by atoms with E-state index in [0.717, 1.165) is 31.7 Å². The van der Waals surface area contributed by atoms with Crippen molar-refractivity contribution in [1.82, 2.24) is 10.2 Å². The zero-order valence-electron chi connectivity index (χ0n) is 11.8. The third kappa shape index (κ3) is 3.69. The van der Waals surface area contributed by atoms with Gasteiger partial charge in [-0.1, -0.05) is 0 Å². The Morgan fingerprint density at radius 2 is 2.11 bits per heavy atom. The van der Waals surface area contributed by atoms with Crippen LogP contribution in [0, 0.1) is 11.3 Å². The van der Waals surface area contributed by atoms with Gasteiger partial charge in [0.15, 0.2) is 0 Å². The Hall–Kier alpha value is -0.120. The minimum atomic E-state index is 0.379. The minimum Gasteiger partial charge on any atom is -0.381 e. The van der Waals surface area contributed by atoms with Gasteiger partial charge in [0.2, 0.25) is 0 Å². The molecule has 3 rings (SSSR count). The van der Waals surface area contributed by atoms with Crippen molar-refractivity contribution in [2.45, 2.75) is 44.6 Å². The third-order valence-electron chi connectivity index (χ3n) is 4.62. The Balaban J connectivity index is 1.52. The molecule has 0 amide bonds. The zero-order chi connectivity index (χ0) is 12.4. The van der Waals surface area contributed by atoms with Crippen LogP contribution in [-0.4, -0.2) is 50.8 Å². The lowest BCUT2D eigenvalue weighted by atomic mass is 9.81. The van der Waals surface area contributed by atoms with E-state index in [1.165, 1.54) is 51.6 Å². The van der Waals surface area contributed by atoms with E-state index in [1.54, 1.807) is 0 Å². The number of hydrogen-bond donors (Lipinski definition) is 1. The Morgan fingerprint density at radius 3 is 2.72 bits per heavy atom. The first-order valence-electron chi connectivity index (χ1n) is 7.75. The van der Waals surface area contributed by atoms with E-state index in [4.69, 9.17) is 4.74 Å². The standard InChI is InChI=1S/C15H28N2O/c1-17(9-13-3-4-13)11-15(7-2-8-18-12-15)10-16-14-5-6-14/h13-14,16H,2-12H2,1H3. The Morgan fingerprint density at radius 1 is 1.28 bits per heavy atom. The highest BCUT2D eigenvalue weighted by Crippen LogP contribution is 2.33. The summed E-state index contributed by atoms with van der Waals surface area (Å²) in [5.74, 6) is 0.993. The van der Waals surface area contributed by atoms with Crippen molar-refractivity contribution in [3.63, 3.8) is 0 Å². The molecule has 0 aromatic heterocycles. The van der Waals surface area contributed by atoms with Crippen LogP contribution < -0.4 is 5.32 Å². The topological polar surface area (TPSA) is 24.5 Å². The first kappa shape index (κ1) is 12.9. The molecule has 104 valence electrons. The Kier molecular flexibility index (Phi) is 3.92. The van der Waals surface area contributed by atoms with E-state index in [9.17, 15) is 0 Å². The van der Waals surface area contributed by atoms with Crippen LogP contribution in [0.4, 0.5) is 0 Å². The molecule has 0 radical (unpaired) electrons. The van der Waals surface area contributed by atoms with E-state index in [1.807, 2.05) is 0 Å². The average Bonchev–Trinajstić information content (AvgIpc) is 3.23. The molecule has 2 aliphatic carbocycles. The number of hydrogen-bond acceptors (Lipinski definition) is 3. The number of nitrogens with one attached hydrogen (secondary N) is 1. The first-order valence-corrected chi connectivity index (χ1v) is 7.75. The van der Waals surface area contributed by atoms with Crippen LogP contribution >= 0.6 is 0 Å². The van der Waals surface area contributed by atoms with Gasteiger partial charge in [-0.15, -0.1) is 0 Å². The van der Waals surface area contributed by atoms with Gasteiger partial charge in [-0.25, -0.2) is 0 Å².